The van der Waals surface area contributed by atoms with E-state index in [1.807, 2.05) is 36.4 Å². The first-order valence-corrected chi connectivity index (χ1v) is 8.96. The van der Waals surface area contributed by atoms with Crippen molar-refractivity contribution in [3.8, 4) is 5.75 Å². The summed E-state index contributed by atoms with van der Waals surface area (Å²) in [5.74, 6) is 1.32. The molecule has 3 aromatic rings. The van der Waals surface area contributed by atoms with Gasteiger partial charge in [-0.3, -0.25) is 4.79 Å². The van der Waals surface area contributed by atoms with Crippen LogP contribution < -0.4 is 10.1 Å². The molecule has 0 bridgehead atoms. The van der Waals surface area contributed by atoms with Crippen LogP contribution in [0.15, 0.2) is 59.0 Å². The van der Waals surface area contributed by atoms with E-state index in [0.717, 1.165) is 16.5 Å². The van der Waals surface area contributed by atoms with Crippen molar-refractivity contribution < 1.29 is 23.4 Å². The van der Waals surface area contributed by atoms with E-state index in [4.69, 9.17) is 18.6 Å². The van der Waals surface area contributed by atoms with Crippen LogP contribution in [0.25, 0.3) is 10.8 Å². The molecule has 4 rings (SSSR count). The number of ether oxygens (including phenoxy) is 3. The van der Waals surface area contributed by atoms with Gasteiger partial charge in [0.05, 0.1) is 25.9 Å². The minimum absolute atomic E-state index is 0.117. The quantitative estimate of drug-likeness (QED) is 0.725. The average Bonchev–Trinajstić information content (AvgIpc) is 3.20. The van der Waals surface area contributed by atoms with Gasteiger partial charge in [0.1, 0.15) is 18.1 Å². The zero-order valence-electron chi connectivity index (χ0n) is 14.9. The molecule has 1 fully saturated rings. The van der Waals surface area contributed by atoms with Gasteiger partial charge in [0, 0.05) is 6.54 Å². The molecule has 1 aliphatic heterocycles. The number of hydrogen-bond donors (Lipinski definition) is 1. The van der Waals surface area contributed by atoms with Crippen molar-refractivity contribution in [2.45, 2.75) is 12.7 Å². The van der Waals surface area contributed by atoms with Gasteiger partial charge in [-0.2, -0.15) is 0 Å². The van der Waals surface area contributed by atoms with E-state index in [1.54, 1.807) is 12.1 Å². The number of benzene rings is 2. The first-order chi connectivity index (χ1) is 13.3. The van der Waals surface area contributed by atoms with E-state index >= 15 is 0 Å². The second-order valence-corrected chi connectivity index (χ2v) is 6.34. The first-order valence-electron chi connectivity index (χ1n) is 8.96. The van der Waals surface area contributed by atoms with Gasteiger partial charge < -0.3 is 23.9 Å². The highest BCUT2D eigenvalue weighted by molar-refractivity contribution is 5.91. The Kier molecular flexibility index (Phi) is 5.37. The van der Waals surface area contributed by atoms with E-state index in [1.165, 1.54) is 0 Å². The van der Waals surface area contributed by atoms with Crippen LogP contribution in [0.4, 0.5) is 0 Å². The standard InChI is InChI=1S/C21H21NO5/c23-21(22-12-19-13-24-9-10-25-19)20-8-7-18(27-20)14-26-17-6-5-15-3-1-2-4-16(15)11-17/h1-8,11,19H,9-10,12-14H2,(H,22,23). The normalized spacial score (nSPS) is 17.0. The van der Waals surface area contributed by atoms with Gasteiger partial charge in [0.15, 0.2) is 5.76 Å². The van der Waals surface area contributed by atoms with E-state index < -0.39 is 0 Å². The Labute approximate surface area is 157 Å². The van der Waals surface area contributed by atoms with Crippen molar-refractivity contribution in [3.05, 3.63) is 66.1 Å². The third-order valence-electron chi connectivity index (χ3n) is 4.36. The van der Waals surface area contributed by atoms with Crippen LogP contribution in [0.1, 0.15) is 16.3 Å². The Morgan fingerprint density at radius 2 is 1.96 bits per heavy atom. The Bertz CT molecular complexity index is 914. The lowest BCUT2D eigenvalue weighted by molar-refractivity contribution is -0.0856. The maximum absolute atomic E-state index is 12.2. The lowest BCUT2D eigenvalue weighted by Crippen LogP contribution is -2.39. The summed E-state index contributed by atoms with van der Waals surface area (Å²) < 4.78 is 22.2. The Hall–Kier alpha value is -2.83. The van der Waals surface area contributed by atoms with Gasteiger partial charge in [0.25, 0.3) is 5.91 Å². The molecular weight excluding hydrogens is 346 g/mol. The number of hydrogen-bond acceptors (Lipinski definition) is 5. The average molecular weight is 367 g/mol. The second-order valence-electron chi connectivity index (χ2n) is 6.34. The predicted molar refractivity (Wildman–Crippen MR) is 99.9 cm³/mol. The fourth-order valence-electron chi connectivity index (χ4n) is 2.94. The van der Waals surface area contributed by atoms with Crippen LogP contribution in [0.3, 0.4) is 0 Å². The van der Waals surface area contributed by atoms with E-state index in [9.17, 15) is 4.79 Å². The molecule has 1 aliphatic rings. The van der Waals surface area contributed by atoms with Crippen LogP contribution in [-0.2, 0) is 16.1 Å². The molecule has 27 heavy (non-hydrogen) atoms. The fraction of sp³-hybridized carbons (Fsp3) is 0.286. The molecule has 2 heterocycles. The molecule has 0 aliphatic carbocycles. The van der Waals surface area contributed by atoms with Gasteiger partial charge in [-0.1, -0.05) is 30.3 Å². The molecular formula is C21H21NO5. The summed E-state index contributed by atoms with van der Waals surface area (Å²) in [6.07, 6.45) is -0.117. The minimum Gasteiger partial charge on any atom is -0.486 e. The van der Waals surface area contributed by atoms with E-state index in [0.29, 0.717) is 32.1 Å². The molecule has 1 aromatic heterocycles. The fourth-order valence-corrected chi connectivity index (χ4v) is 2.94. The Morgan fingerprint density at radius 1 is 1.07 bits per heavy atom. The zero-order valence-corrected chi connectivity index (χ0v) is 14.9. The molecule has 2 aromatic carbocycles. The maximum atomic E-state index is 12.2. The first kappa shape index (κ1) is 17.6. The molecule has 0 spiro atoms. The van der Waals surface area contributed by atoms with Gasteiger partial charge in [-0.15, -0.1) is 0 Å². The van der Waals surface area contributed by atoms with Crippen molar-refractivity contribution in [2.75, 3.05) is 26.4 Å². The van der Waals surface area contributed by atoms with Gasteiger partial charge >= 0.3 is 0 Å². The van der Waals surface area contributed by atoms with Crippen LogP contribution in [0, 0.1) is 0 Å². The Morgan fingerprint density at radius 3 is 2.81 bits per heavy atom. The number of nitrogens with one attached hydrogen (secondary N) is 1. The highest BCUT2D eigenvalue weighted by Crippen LogP contribution is 2.21. The number of fused-ring (bicyclic) bond motifs is 1. The van der Waals surface area contributed by atoms with Gasteiger partial charge in [-0.25, -0.2) is 0 Å². The van der Waals surface area contributed by atoms with Crippen molar-refractivity contribution >= 4 is 16.7 Å². The number of furan rings is 1. The Balaban J connectivity index is 1.31. The topological polar surface area (TPSA) is 69.9 Å². The summed E-state index contributed by atoms with van der Waals surface area (Å²) in [7, 11) is 0. The summed E-state index contributed by atoms with van der Waals surface area (Å²) >= 11 is 0. The van der Waals surface area contributed by atoms with E-state index in [-0.39, 0.29) is 24.4 Å². The largest absolute Gasteiger partial charge is 0.486 e. The molecule has 6 heteroatoms. The van der Waals surface area contributed by atoms with Crippen LogP contribution in [-0.4, -0.2) is 38.4 Å². The molecule has 1 saturated heterocycles. The van der Waals surface area contributed by atoms with Crippen molar-refractivity contribution in [2.24, 2.45) is 0 Å². The van der Waals surface area contributed by atoms with Gasteiger partial charge in [-0.05, 0) is 35.0 Å². The molecule has 1 amide bonds. The van der Waals surface area contributed by atoms with E-state index in [2.05, 4.69) is 11.4 Å². The predicted octanol–water partition coefficient (Wildman–Crippen LogP) is 3.16. The molecule has 1 unspecified atom stereocenters. The molecule has 6 nitrogen and oxygen atoms in total. The van der Waals surface area contributed by atoms with Crippen molar-refractivity contribution in [1.29, 1.82) is 0 Å². The summed E-state index contributed by atoms with van der Waals surface area (Å²) in [5, 5.41) is 5.07. The molecule has 1 N–H and O–H groups in total. The van der Waals surface area contributed by atoms with Crippen LogP contribution >= 0.6 is 0 Å². The summed E-state index contributed by atoms with van der Waals surface area (Å²) in [6.45, 7) is 2.29. The third kappa shape index (κ3) is 4.48. The second kappa shape index (κ2) is 8.24. The number of rotatable bonds is 6. The molecule has 0 saturated carbocycles. The minimum atomic E-state index is -0.277. The SMILES string of the molecule is O=C(NCC1COCCO1)c1ccc(COc2ccc3ccccc3c2)o1. The maximum Gasteiger partial charge on any atom is 0.287 e. The van der Waals surface area contributed by atoms with Gasteiger partial charge in [0.2, 0.25) is 0 Å². The third-order valence-corrected chi connectivity index (χ3v) is 4.36. The number of carbonyl (C=O) groups is 1. The smallest absolute Gasteiger partial charge is 0.287 e. The lowest BCUT2D eigenvalue weighted by Gasteiger charge is -2.22. The summed E-state index contributed by atoms with van der Waals surface area (Å²) in [5.41, 5.74) is 0. The summed E-state index contributed by atoms with van der Waals surface area (Å²) in [4.78, 5) is 12.2. The molecule has 140 valence electrons. The number of carbonyl (C=O) groups excluding carboxylic acids is 1. The number of amides is 1. The summed E-state index contributed by atoms with van der Waals surface area (Å²) in [6, 6.07) is 17.4. The molecule has 0 radical (unpaired) electrons. The zero-order chi connectivity index (χ0) is 18.5. The monoisotopic (exact) mass is 367 g/mol. The lowest BCUT2D eigenvalue weighted by atomic mass is 10.1. The highest BCUT2D eigenvalue weighted by atomic mass is 16.6. The van der Waals surface area contributed by atoms with Crippen molar-refractivity contribution in [3.63, 3.8) is 0 Å². The van der Waals surface area contributed by atoms with Crippen molar-refractivity contribution in [1.82, 2.24) is 5.32 Å². The molecule has 1 atom stereocenters. The van der Waals surface area contributed by atoms with Crippen LogP contribution in [0.5, 0.6) is 5.75 Å². The highest BCUT2D eigenvalue weighted by Gasteiger charge is 2.17. The van der Waals surface area contributed by atoms with Crippen LogP contribution in [0.2, 0.25) is 0 Å².